The number of hydrogen-bond acceptors (Lipinski definition) is 6. The second-order valence-corrected chi connectivity index (χ2v) is 5.37. The number of nitrogens with zero attached hydrogens (tertiary/aromatic N) is 2. The average Bonchev–Trinajstić information content (AvgIpc) is 3.02. The first-order valence-electron chi connectivity index (χ1n) is 7.09. The maximum absolute atomic E-state index is 11.8. The van der Waals surface area contributed by atoms with Crippen molar-refractivity contribution >= 4 is 23.5 Å². The van der Waals surface area contributed by atoms with E-state index in [1.54, 1.807) is 24.3 Å². The van der Waals surface area contributed by atoms with Gasteiger partial charge in [-0.25, -0.2) is 4.79 Å². The SMILES string of the molecule is COCC(NC(=O)CCc1nc(-c2ccc(Cl)cc2)no1)C(=O)O. The van der Waals surface area contributed by atoms with Crippen LogP contribution in [0.1, 0.15) is 12.3 Å². The topological polar surface area (TPSA) is 115 Å². The third-order valence-corrected chi connectivity index (χ3v) is 3.36. The molecule has 0 saturated heterocycles. The zero-order valence-corrected chi connectivity index (χ0v) is 13.6. The summed E-state index contributed by atoms with van der Waals surface area (Å²) >= 11 is 5.82. The van der Waals surface area contributed by atoms with Gasteiger partial charge >= 0.3 is 5.97 Å². The first-order chi connectivity index (χ1) is 11.5. The van der Waals surface area contributed by atoms with Crippen molar-refractivity contribution in [2.24, 2.45) is 0 Å². The smallest absolute Gasteiger partial charge is 0.328 e. The van der Waals surface area contributed by atoms with E-state index in [1.165, 1.54) is 7.11 Å². The molecular formula is C15H16ClN3O5. The van der Waals surface area contributed by atoms with Gasteiger partial charge in [-0.15, -0.1) is 0 Å². The van der Waals surface area contributed by atoms with E-state index in [1.807, 2.05) is 0 Å². The van der Waals surface area contributed by atoms with Gasteiger partial charge in [-0.05, 0) is 24.3 Å². The van der Waals surface area contributed by atoms with Crippen LogP contribution in [0.5, 0.6) is 0 Å². The largest absolute Gasteiger partial charge is 0.480 e. The maximum Gasteiger partial charge on any atom is 0.328 e. The van der Waals surface area contributed by atoms with Crippen molar-refractivity contribution in [1.82, 2.24) is 15.5 Å². The number of aromatic nitrogens is 2. The highest BCUT2D eigenvalue weighted by Gasteiger charge is 2.20. The Hall–Kier alpha value is -2.45. The van der Waals surface area contributed by atoms with Crippen molar-refractivity contribution in [2.75, 3.05) is 13.7 Å². The Balaban J connectivity index is 1.89. The molecule has 2 N–H and O–H groups in total. The normalized spacial score (nSPS) is 11.9. The number of hydrogen-bond donors (Lipinski definition) is 2. The number of aliphatic carboxylic acids is 1. The van der Waals surface area contributed by atoms with Gasteiger partial charge in [0.15, 0.2) is 6.04 Å². The molecule has 128 valence electrons. The molecule has 0 aliphatic rings. The maximum atomic E-state index is 11.8. The van der Waals surface area contributed by atoms with Gasteiger partial charge < -0.3 is 19.7 Å². The number of ether oxygens (including phenoxy) is 1. The van der Waals surface area contributed by atoms with Crippen molar-refractivity contribution in [1.29, 1.82) is 0 Å². The van der Waals surface area contributed by atoms with Gasteiger partial charge in [0.25, 0.3) is 0 Å². The van der Waals surface area contributed by atoms with E-state index in [2.05, 4.69) is 15.5 Å². The summed E-state index contributed by atoms with van der Waals surface area (Å²) in [6.45, 7) is -0.109. The van der Waals surface area contributed by atoms with E-state index in [4.69, 9.17) is 26.0 Å². The number of amides is 1. The van der Waals surface area contributed by atoms with Crippen LogP contribution in [0.4, 0.5) is 0 Å². The molecule has 8 nitrogen and oxygen atoms in total. The van der Waals surface area contributed by atoms with Crippen LogP contribution < -0.4 is 5.32 Å². The van der Waals surface area contributed by atoms with Crippen LogP contribution in [0.2, 0.25) is 5.02 Å². The summed E-state index contributed by atoms with van der Waals surface area (Å²) in [5.41, 5.74) is 0.741. The van der Waals surface area contributed by atoms with Crippen LogP contribution in [-0.2, 0) is 20.7 Å². The van der Waals surface area contributed by atoms with Gasteiger partial charge in [-0.3, -0.25) is 4.79 Å². The molecule has 9 heteroatoms. The molecular weight excluding hydrogens is 338 g/mol. The first-order valence-corrected chi connectivity index (χ1v) is 7.47. The number of carbonyl (C=O) groups excluding carboxylic acids is 1. The lowest BCUT2D eigenvalue weighted by Crippen LogP contribution is -2.43. The van der Waals surface area contributed by atoms with Gasteiger partial charge in [0.2, 0.25) is 17.6 Å². The second-order valence-electron chi connectivity index (χ2n) is 4.93. The van der Waals surface area contributed by atoms with Gasteiger partial charge in [0.05, 0.1) is 6.61 Å². The summed E-state index contributed by atoms with van der Waals surface area (Å²) in [6.07, 6.45) is 0.224. The minimum Gasteiger partial charge on any atom is -0.480 e. The number of carboxylic acid groups (broad SMARTS) is 1. The van der Waals surface area contributed by atoms with Gasteiger partial charge in [0, 0.05) is 30.5 Å². The Morgan fingerprint density at radius 1 is 1.38 bits per heavy atom. The minimum absolute atomic E-state index is 0.0236. The predicted octanol–water partition coefficient (Wildman–Crippen LogP) is 1.54. The van der Waals surface area contributed by atoms with E-state index in [0.717, 1.165) is 5.56 Å². The lowest BCUT2D eigenvalue weighted by atomic mass is 10.2. The summed E-state index contributed by atoms with van der Waals surface area (Å²) in [5.74, 6) is -0.919. The monoisotopic (exact) mass is 353 g/mol. The Labute approximate surface area is 142 Å². The van der Waals surface area contributed by atoms with Crippen molar-refractivity contribution < 1.29 is 24.0 Å². The fourth-order valence-electron chi connectivity index (χ4n) is 1.90. The van der Waals surface area contributed by atoms with Crippen LogP contribution >= 0.6 is 11.6 Å². The first kappa shape index (κ1) is 17.9. The highest BCUT2D eigenvalue weighted by atomic mass is 35.5. The number of carboxylic acids is 1. The number of halogens is 1. The van der Waals surface area contributed by atoms with Crippen molar-refractivity contribution in [3.05, 3.63) is 35.2 Å². The molecule has 0 radical (unpaired) electrons. The van der Waals surface area contributed by atoms with Crippen LogP contribution in [-0.4, -0.2) is 46.9 Å². The van der Waals surface area contributed by atoms with E-state index in [9.17, 15) is 9.59 Å². The number of aryl methyl sites for hydroxylation is 1. The average molecular weight is 354 g/mol. The number of benzene rings is 1. The molecule has 0 fully saturated rings. The molecule has 2 aromatic rings. The number of rotatable bonds is 8. The fourth-order valence-corrected chi connectivity index (χ4v) is 2.03. The second kappa shape index (κ2) is 8.42. The van der Waals surface area contributed by atoms with Crippen LogP contribution in [0, 0.1) is 0 Å². The molecule has 0 aliphatic carbocycles. The highest BCUT2D eigenvalue weighted by Crippen LogP contribution is 2.18. The van der Waals surface area contributed by atoms with E-state index >= 15 is 0 Å². The quantitative estimate of drug-likeness (QED) is 0.739. The molecule has 24 heavy (non-hydrogen) atoms. The Kier molecular flexibility index (Phi) is 6.28. The number of nitrogens with one attached hydrogen (secondary N) is 1. The highest BCUT2D eigenvalue weighted by molar-refractivity contribution is 6.30. The molecule has 0 spiro atoms. The standard InChI is InChI=1S/C15H16ClN3O5/c1-23-8-11(15(21)22)17-12(20)6-7-13-18-14(19-24-13)9-2-4-10(16)5-3-9/h2-5,11H,6-8H2,1H3,(H,17,20)(H,21,22). The number of methoxy groups -OCH3 is 1. The lowest BCUT2D eigenvalue weighted by Gasteiger charge is -2.12. The molecule has 1 aromatic heterocycles. The van der Waals surface area contributed by atoms with E-state index < -0.39 is 17.9 Å². The van der Waals surface area contributed by atoms with E-state index in [0.29, 0.717) is 10.8 Å². The van der Waals surface area contributed by atoms with Crippen molar-refractivity contribution in [3.63, 3.8) is 0 Å². The van der Waals surface area contributed by atoms with Gasteiger partial charge in [-0.1, -0.05) is 16.8 Å². The molecule has 0 aliphatic heterocycles. The molecule has 0 bridgehead atoms. The van der Waals surface area contributed by atoms with Crippen molar-refractivity contribution in [2.45, 2.75) is 18.9 Å². The van der Waals surface area contributed by atoms with Crippen LogP contribution in [0.15, 0.2) is 28.8 Å². The van der Waals surface area contributed by atoms with E-state index in [-0.39, 0.29) is 25.3 Å². The summed E-state index contributed by atoms with van der Waals surface area (Å²) < 4.78 is 9.83. The molecule has 1 atom stereocenters. The summed E-state index contributed by atoms with van der Waals surface area (Å²) in [6, 6.07) is 5.84. The molecule has 2 rings (SSSR count). The molecule has 1 heterocycles. The Morgan fingerprint density at radius 2 is 2.08 bits per heavy atom. The molecule has 1 aromatic carbocycles. The zero-order chi connectivity index (χ0) is 17.5. The van der Waals surface area contributed by atoms with Gasteiger partial charge in [-0.2, -0.15) is 4.98 Å². The molecule has 1 amide bonds. The summed E-state index contributed by atoms with van der Waals surface area (Å²) in [4.78, 5) is 26.9. The molecule has 1 unspecified atom stereocenters. The Morgan fingerprint density at radius 3 is 2.71 bits per heavy atom. The third-order valence-electron chi connectivity index (χ3n) is 3.10. The summed E-state index contributed by atoms with van der Waals surface area (Å²) in [5, 5.41) is 15.7. The summed E-state index contributed by atoms with van der Waals surface area (Å²) in [7, 11) is 1.36. The fraction of sp³-hybridized carbons (Fsp3) is 0.333. The van der Waals surface area contributed by atoms with Crippen LogP contribution in [0.25, 0.3) is 11.4 Å². The third kappa shape index (κ3) is 5.04. The zero-order valence-electron chi connectivity index (χ0n) is 12.9. The predicted molar refractivity (Wildman–Crippen MR) is 84.5 cm³/mol. The molecule has 0 saturated carbocycles. The minimum atomic E-state index is -1.16. The number of carbonyl (C=O) groups is 2. The lowest BCUT2D eigenvalue weighted by molar-refractivity contribution is -0.143. The van der Waals surface area contributed by atoms with Crippen molar-refractivity contribution in [3.8, 4) is 11.4 Å². The van der Waals surface area contributed by atoms with Crippen LogP contribution in [0.3, 0.4) is 0 Å². The van der Waals surface area contributed by atoms with Gasteiger partial charge in [0.1, 0.15) is 0 Å². The Bertz CT molecular complexity index is 701.